The lowest BCUT2D eigenvalue weighted by molar-refractivity contribution is -0.0379. The molecule has 6 heteroatoms. The molecule has 0 fully saturated rings. The van der Waals surface area contributed by atoms with Gasteiger partial charge in [-0.1, -0.05) is 13.0 Å². The highest BCUT2D eigenvalue weighted by atomic mass is 16.5. The van der Waals surface area contributed by atoms with Gasteiger partial charge in [0.25, 0.3) is 0 Å². The lowest BCUT2D eigenvalue weighted by atomic mass is 9.93. The number of ether oxygens (including phenoxy) is 2. The number of phenols is 4. The van der Waals surface area contributed by atoms with E-state index in [2.05, 4.69) is 0 Å². The van der Waals surface area contributed by atoms with Gasteiger partial charge >= 0.3 is 0 Å². The molecular formula is C18H20O6. The van der Waals surface area contributed by atoms with Crippen molar-refractivity contribution in [3.05, 3.63) is 41.5 Å². The summed E-state index contributed by atoms with van der Waals surface area (Å²) in [6.45, 7) is 2.53. The van der Waals surface area contributed by atoms with E-state index in [0.717, 1.165) is 6.42 Å². The molecule has 0 amide bonds. The molecule has 128 valence electrons. The maximum absolute atomic E-state index is 10.0. The molecule has 0 saturated carbocycles. The van der Waals surface area contributed by atoms with E-state index in [-0.39, 0.29) is 29.1 Å². The van der Waals surface area contributed by atoms with Gasteiger partial charge in [-0.2, -0.15) is 0 Å². The number of hydrogen-bond donors (Lipinski definition) is 4. The first-order chi connectivity index (χ1) is 11.5. The number of aromatic hydroxyl groups is 4. The van der Waals surface area contributed by atoms with Gasteiger partial charge in [0.05, 0.1) is 0 Å². The van der Waals surface area contributed by atoms with Crippen LogP contribution in [0.5, 0.6) is 28.7 Å². The monoisotopic (exact) mass is 332 g/mol. The van der Waals surface area contributed by atoms with Crippen LogP contribution < -0.4 is 4.74 Å². The van der Waals surface area contributed by atoms with Gasteiger partial charge in [-0.25, -0.2) is 0 Å². The zero-order valence-corrected chi connectivity index (χ0v) is 13.3. The number of fused-ring (bicyclic) bond motifs is 1. The maximum atomic E-state index is 10.0. The quantitative estimate of drug-likeness (QED) is 0.642. The SMILES string of the molecule is CCCO[C@@H]1Cc2c(O)cc(O)cc2O[C@@H]1c1ccc(O)c(O)c1. The minimum absolute atomic E-state index is 0.0397. The average molecular weight is 332 g/mol. The van der Waals surface area contributed by atoms with Gasteiger partial charge in [0, 0.05) is 30.7 Å². The highest BCUT2D eigenvalue weighted by Crippen LogP contribution is 2.43. The zero-order chi connectivity index (χ0) is 17.3. The molecule has 0 saturated heterocycles. The number of benzene rings is 2. The molecule has 0 unspecified atom stereocenters. The Morgan fingerprint density at radius 3 is 2.54 bits per heavy atom. The van der Waals surface area contributed by atoms with Crippen LogP contribution in [0.15, 0.2) is 30.3 Å². The van der Waals surface area contributed by atoms with Crippen molar-refractivity contribution in [2.24, 2.45) is 0 Å². The Hall–Kier alpha value is -2.60. The largest absolute Gasteiger partial charge is 0.508 e. The van der Waals surface area contributed by atoms with Crippen LogP contribution in [-0.4, -0.2) is 33.1 Å². The van der Waals surface area contributed by atoms with Crippen LogP contribution in [-0.2, 0) is 11.2 Å². The fourth-order valence-corrected chi connectivity index (χ4v) is 2.86. The van der Waals surface area contributed by atoms with E-state index in [9.17, 15) is 20.4 Å². The summed E-state index contributed by atoms with van der Waals surface area (Å²) < 4.78 is 11.8. The van der Waals surface area contributed by atoms with Crippen molar-refractivity contribution in [3.63, 3.8) is 0 Å². The molecule has 6 nitrogen and oxygen atoms in total. The molecule has 1 aliphatic rings. The number of rotatable bonds is 4. The van der Waals surface area contributed by atoms with Gasteiger partial charge < -0.3 is 29.9 Å². The van der Waals surface area contributed by atoms with Crippen molar-refractivity contribution in [3.8, 4) is 28.7 Å². The Labute approximate surface area is 139 Å². The summed E-state index contributed by atoms with van der Waals surface area (Å²) in [4.78, 5) is 0. The Bertz CT molecular complexity index is 743. The van der Waals surface area contributed by atoms with Crippen LogP contribution >= 0.6 is 0 Å². The molecule has 24 heavy (non-hydrogen) atoms. The van der Waals surface area contributed by atoms with E-state index < -0.39 is 6.10 Å². The Kier molecular flexibility index (Phi) is 4.40. The Morgan fingerprint density at radius 1 is 1.04 bits per heavy atom. The summed E-state index contributed by atoms with van der Waals surface area (Å²) in [5, 5.41) is 39.0. The third kappa shape index (κ3) is 3.05. The van der Waals surface area contributed by atoms with E-state index in [4.69, 9.17) is 9.47 Å². The molecule has 0 aliphatic carbocycles. The maximum Gasteiger partial charge on any atom is 0.157 e. The highest BCUT2D eigenvalue weighted by molar-refractivity contribution is 5.52. The van der Waals surface area contributed by atoms with Crippen molar-refractivity contribution >= 4 is 0 Å². The molecule has 0 aromatic heterocycles. The minimum atomic E-state index is -0.531. The Morgan fingerprint density at radius 2 is 1.83 bits per heavy atom. The first kappa shape index (κ1) is 16.3. The fourth-order valence-electron chi connectivity index (χ4n) is 2.86. The summed E-state index contributed by atoms with van der Waals surface area (Å²) in [6, 6.07) is 7.18. The van der Waals surface area contributed by atoms with E-state index in [0.29, 0.717) is 29.9 Å². The molecule has 1 aliphatic heterocycles. The number of phenolic OH excluding ortho intramolecular Hbond substituents is 4. The van der Waals surface area contributed by atoms with Crippen LogP contribution in [0.3, 0.4) is 0 Å². The molecule has 4 N–H and O–H groups in total. The summed E-state index contributed by atoms with van der Waals surface area (Å²) in [7, 11) is 0. The third-order valence-electron chi connectivity index (χ3n) is 4.03. The summed E-state index contributed by atoms with van der Waals surface area (Å²) in [5.74, 6) is -0.207. The van der Waals surface area contributed by atoms with Crippen molar-refractivity contribution < 1.29 is 29.9 Å². The minimum Gasteiger partial charge on any atom is -0.508 e. The van der Waals surface area contributed by atoms with Crippen LogP contribution in [0.4, 0.5) is 0 Å². The highest BCUT2D eigenvalue weighted by Gasteiger charge is 2.34. The zero-order valence-electron chi connectivity index (χ0n) is 13.3. The summed E-state index contributed by atoms with van der Waals surface area (Å²) in [5.41, 5.74) is 1.22. The standard InChI is InChI=1S/C18H20O6/c1-2-5-23-17-9-12-14(21)7-11(19)8-16(12)24-18(17)10-3-4-13(20)15(22)6-10/h3-4,6-8,17-22H,2,5,9H2,1H3/t17-,18-/m1/s1. The van der Waals surface area contributed by atoms with Gasteiger partial charge in [-0.15, -0.1) is 0 Å². The predicted octanol–water partition coefficient (Wildman–Crippen LogP) is 2.98. The Balaban J connectivity index is 1.99. The molecular weight excluding hydrogens is 312 g/mol. The normalized spacial score (nSPS) is 19.5. The third-order valence-corrected chi connectivity index (χ3v) is 4.03. The van der Waals surface area contributed by atoms with Gasteiger partial charge in [0.15, 0.2) is 17.6 Å². The molecule has 3 rings (SSSR count). The van der Waals surface area contributed by atoms with Crippen molar-refractivity contribution in [1.82, 2.24) is 0 Å². The molecule has 0 radical (unpaired) electrons. The second-order valence-electron chi connectivity index (χ2n) is 5.84. The molecule has 0 bridgehead atoms. The lowest BCUT2D eigenvalue weighted by Gasteiger charge is -2.34. The van der Waals surface area contributed by atoms with E-state index in [1.165, 1.54) is 24.3 Å². The second kappa shape index (κ2) is 6.49. The smallest absolute Gasteiger partial charge is 0.157 e. The van der Waals surface area contributed by atoms with Crippen LogP contribution in [0.2, 0.25) is 0 Å². The number of hydrogen-bond acceptors (Lipinski definition) is 6. The van der Waals surface area contributed by atoms with Crippen LogP contribution in [0.1, 0.15) is 30.6 Å². The first-order valence-corrected chi connectivity index (χ1v) is 7.84. The van der Waals surface area contributed by atoms with Crippen molar-refractivity contribution in [2.75, 3.05) is 6.61 Å². The van der Waals surface area contributed by atoms with E-state index in [1.807, 2.05) is 6.92 Å². The molecule has 2 aromatic rings. The van der Waals surface area contributed by atoms with E-state index >= 15 is 0 Å². The molecule has 2 aromatic carbocycles. The van der Waals surface area contributed by atoms with Crippen molar-refractivity contribution in [2.45, 2.75) is 32.0 Å². The second-order valence-corrected chi connectivity index (χ2v) is 5.84. The topological polar surface area (TPSA) is 99.4 Å². The first-order valence-electron chi connectivity index (χ1n) is 7.84. The summed E-state index contributed by atoms with van der Waals surface area (Å²) >= 11 is 0. The van der Waals surface area contributed by atoms with Gasteiger partial charge in [-0.3, -0.25) is 0 Å². The van der Waals surface area contributed by atoms with E-state index in [1.54, 1.807) is 6.07 Å². The molecule has 2 atom stereocenters. The average Bonchev–Trinajstić information content (AvgIpc) is 2.55. The van der Waals surface area contributed by atoms with Crippen LogP contribution in [0, 0.1) is 0 Å². The molecule has 1 heterocycles. The molecule has 0 spiro atoms. The summed E-state index contributed by atoms with van der Waals surface area (Å²) in [6.07, 6.45) is 0.347. The lowest BCUT2D eigenvalue weighted by Crippen LogP contribution is -2.33. The predicted molar refractivity (Wildman–Crippen MR) is 86.6 cm³/mol. The van der Waals surface area contributed by atoms with Gasteiger partial charge in [-0.05, 0) is 24.1 Å². The fraction of sp³-hybridized carbons (Fsp3) is 0.333. The van der Waals surface area contributed by atoms with Gasteiger partial charge in [0.2, 0.25) is 0 Å². The van der Waals surface area contributed by atoms with Crippen LogP contribution in [0.25, 0.3) is 0 Å². The van der Waals surface area contributed by atoms with Gasteiger partial charge in [0.1, 0.15) is 23.4 Å². The van der Waals surface area contributed by atoms with Crippen molar-refractivity contribution in [1.29, 1.82) is 0 Å².